The van der Waals surface area contributed by atoms with E-state index in [4.69, 9.17) is 4.74 Å². The fraction of sp³-hybridized carbons (Fsp3) is 0.429. The van der Waals surface area contributed by atoms with Crippen LogP contribution in [0.5, 0.6) is 5.75 Å². The largest absolute Gasteiger partial charge is 0.491 e. The van der Waals surface area contributed by atoms with Crippen molar-refractivity contribution in [3.8, 4) is 5.75 Å². The molecule has 0 spiro atoms. The van der Waals surface area contributed by atoms with Crippen molar-refractivity contribution in [3.05, 3.63) is 41.0 Å². The first-order valence-electron chi connectivity index (χ1n) is 9.92. The van der Waals surface area contributed by atoms with E-state index < -0.39 is 11.9 Å². The Kier molecular flexibility index (Phi) is 5.64. The summed E-state index contributed by atoms with van der Waals surface area (Å²) in [5.41, 5.74) is 3.53. The number of aromatic nitrogens is 2. The smallest absolute Gasteiger partial charge is 0.177 e. The molecule has 2 aliphatic heterocycles. The van der Waals surface area contributed by atoms with Crippen LogP contribution in [0.25, 0.3) is 5.57 Å². The van der Waals surface area contributed by atoms with Crippen molar-refractivity contribution < 1.29 is 14.2 Å². The lowest BCUT2D eigenvalue weighted by Crippen LogP contribution is -2.24. The van der Waals surface area contributed by atoms with E-state index in [1.807, 2.05) is 32.2 Å². The normalized spacial score (nSPS) is 18.9. The maximum absolute atomic E-state index is 15.7. The van der Waals surface area contributed by atoms with Crippen LogP contribution in [0.1, 0.15) is 29.8 Å². The molecule has 8 heteroatoms. The Hall–Kier alpha value is -2.71. The van der Waals surface area contributed by atoms with Gasteiger partial charge < -0.3 is 25.8 Å². The first-order chi connectivity index (χ1) is 14.0. The maximum atomic E-state index is 15.7. The number of hydrogen-bond donors (Lipinski definition) is 4. The molecule has 2 aliphatic rings. The van der Waals surface area contributed by atoms with Gasteiger partial charge in [0, 0.05) is 44.0 Å². The predicted octanol–water partition coefficient (Wildman–Crippen LogP) is 2.77. The molecule has 4 heterocycles. The predicted molar refractivity (Wildman–Crippen MR) is 111 cm³/mol. The summed E-state index contributed by atoms with van der Waals surface area (Å²) in [5.74, 6) is 0.644. The molecule has 0 bridgehead atoms. The van der Waals surface area contributed by atoms with Crippen molar-refractivity contribution in [2.24, 2.45) is 0 Å². The van der Waals surface area contributed by atoms with E-state index in [9.17, 15) is 5.11 Å². The number of rotatable bonds is 4. The van der Waals surface area contributed by atoms with Crippen LogP contribution in [0.15, 0.2) is 18.2 Å². The van der Waals surface area contributed by atoms with E-state index in [1.165, 1.54) is 0 Å². The number of halogens is 1. The molecular weight excluding hydrogens is 373 g/mol. The molecule has 0 radical (unpaired) electrons. The molecule has 4 rings (SSSR count). The molecule has 2 aromatic rings. The van der Waals surface area contributed by atoms with E-state index in [1.54, 1.807) is 0 Å². The molecule has 0 saturated heterocycles. The van der Waals surface area contributed by atoms with E-state index in [-0.39, 0.29) is 5.82 Å². The Morgan fingerprint density at radius 3 is 3.00 bits per heavy atom. The highest BCUT2D eigenvalue weighted by Crippen LogP contribution is 2.39. The average Bonchev–Trinajstić information content (AvgIpc) is 2.92. The quantitative estimate of drug-likeness (QED) is 0.628. The average molecular weight is 399 g/mol. The lowest BCUT2D eigenvalue weighted by atomic mass is 9.96. The third kappa shape index (κ3) is 4.18. The summed E-state index contributed by atoms with van der Waals surface area (Å²) in [5, 5.41) is 19.4. The topological polar surface area (TPSA) is 91.3 Å². The standard InChI is InChI=1S/C21H26FN5O2/c1-12-8-14(23-2)10-17(25-12)27-21-19(22)18(13-5-6-24-11-15(28)9-13)20-16(26-21)4-3-7-29-20/h5,8,10,15,24,28H,3-4,6-7,9,11H2,1-2H3,(H2,23,25,26,27). The van der Waals surface area contributed by atoms with E-state index >= 15 is 4.39 Å². The molecule has 0 amide bonds. The summed E-state index contributed by atoms with van der Waals surface area (Å²) in [4.78, 5) is 8.96. The first kappa shape index (κ1) is 19.6. The lowest BCUT2D eigenvalue weighted by molar-refractivity contribution is 0.180. The Labute approximate surface area is 169 Å². The monoisotopic (exact) mass is 399 g/mol. The number of aryl methyl sites for hydroxylation is 2. The summed E-state index contributed by atoms with van der Waals surface area (Å²) < 4.78 is 21.5. The fourth-order valence-corrected chi connectivity index (χ4v) is 3.76. The summed E-state index contributed by atoms with van der Waals surface area (Å²) in [6.45, 7) is 3.46. The lowest BCUT2D eigenvalue weighted by Gasteiger charge is -2.23. The number of aliphatic hydroxyl groups is 1. The van der Waals surface area contributed by atoms with Gasteiger partial charge in [0.2, 0.25) is 0 Å². The van der Waals surface area contributed by atoms with Gasteiger partial charge in [0.1, 0.15) is 5.82 Å². The number of fused-ring (bicyclic) bond motifs is 1. The van der Waals surface area contributed by atoms with Gasteiger partial charge in [-0.3, -0.25) is 0 Å². The number of β-amino-alcohol motifs (C(OH)–C–C–N with tert-alkyl or cyclic N) is 1. The zero-order valence-corrected chi connectivity index (χ0v) is 16.7. The molecule has 7 nitrogen and oxygen atoms in total. The van der Waals surface area contributed by atoms with Crippen molar-refractivity contribution in [1.82, 2.24) is 15.3 Å². The molecule has 0 saturated carbocycles. The number of pyridine rings is 2. The number of nitrogens with one attached hydrogen (secondary N) is 3. The minimum absolute atomic E-state index is 0.122. The van der Waals surface area contributed by atoms with Gasteiger partial charge in [-0.25, -0.2) is 14.4 Å². The zero-order chi connectivity index (χ0) is 20.4. The van der Waals surface area contributed by atoms with Gasteiger partial charge in [0.15, 0.2) is 17.4 Å². The second-order valence-corrected chi connectivity index (χ2v) is 7.38. The zero-order valence-electron chi connectivity index (χ0n) is 16.7. The van der Waals surface area contributed by atoms with Crippen LogP contribution in [0.3, 0.4) is 0 Å². The van der Waals surface area contributed by atoms with Crippen LogP contribution in [-0.2, 0) is 6.42 Å². The highest BCUT2D eigenvalue weighted by molar-refractivity contribution is 5.76. The summed E-state index contributed by atoms with van der Waals surface area (Å²) >= 11 is 0. The van der Waals surface area contributed by atoms with Crippen molar-refractivity contribution in [1.29, 1.82) is 0 Å². The molecule has 0 fully saturated rings. The minimum atomic E-state index is -0.580. The van der Waals surface area contributed by atoms with Gasteiger partial charge in [0.05, 0.1) is 24.0 Å². The number of nitrogens with zero attached hydrogens (tertiary/aromatic N) is 2. The maximum Gasteiger partial charge on any atom is 0.177 e. The van der Waals surface area contributed by atoms with Gasteiger partial charge in [-0.2, -0.15) is 0 Å². The Balaban J connectivity index is 1.79. The third-order valence-corrected chi connectivity index (χ3v) is 5.11. The van der Waals surface area contributed by atoms with Crippen LogP contribution in [0, 0.1) is 12.7 Å². The molecule has 154 valence electrons. The van der Waals surface area contributed by atoms with Gasteiger partial charge in [-0.05, 0) is 31.4 Å². The molecule has 2 aromatic heterocycles. The van der Waals surface area contributed by atoms with Crippen molar-refractivity contribution in [2.45, 2.75) is 32.3 Å². The molecule has 0 aliphatic carbocycles. The summed E-state index contributed by atoms with van der Waals surface area (Å²) in [6, 6.07) is 3.72. The first-order valence-corrected chi connectivity index (χ1v) is 9.92. The van der Waals surface area contributed by atoms with Crippen LogP contribution >= 0.6 is 0 Å². The Morgan fingerprint density at radius 1 is 1.31 bits per heavy atom. The van der Waals surface area contributed by atoms with Gasteiger partial charge >= 0.3 is 0 Å². The Morgan fingerprint density at radius 2 is 2.17 bits per heavy atom. The molecule has 1 atom stereocenters. The van der Waals surface area contributed by atoms with Crippen molar-refractivity contribution in [2.75, 3.05) is 37.4 Å². The minimum Gasteiger partial charge on any atom is -0.491 e. The van der Waals surface area contributed by atoms with Crippen molar-refractivity contribution >= 4 is 22.9 Å². The second-order valence-electron chi connectivity index (χ2n) is 7.38. The molecule has 4 N–H and O–H groups in total. The van der Waals surface area contributed by atoms with E-state index in [0.29, 0.717) is 49.7 Å². The molecule has 1 unspecified atom stereocenters. The van der Waals surface area contributed by atoms with E-state index in [0.717, 1.165) is 29.1 Å². The summed E-state index contributed by atoms with van der Waals surface area (Å²) in [7, 11) is 1.82. The third-order valence-electron chi connectivity index (χ3n) is 5.11. The molecular formula is C21H26FN5O2. The molecule has 29 heavy (non-hydrogen) atoms. The number of hydrogen-bond acceptors (Lipinski definition) is 7. The number of ether oxygens (including phenoxy) is 1. The van der Waals surface area contributed by atoms with Crippen molar-refractivity contribution in [3.63, 3.8) is 0 Å². The molecule has 0 aromatic carbocycles. The van der Waals surface area contributed by atoms with Gasteiger partial charge in [-0.1, -0.05) is 6.08 Å². The summed E-state index contributed by atoms with van der Waals surface area (Å²) in [6.07, 6.45) is 3.24. The number of anilines is 3. The van der Waals surface area contributed by atoms with Crippen LogP contribution in [-0.4, -0.2) is 47.9 Å². The van der Waals surface area contributed by atoms with Gasteiger partial charge in [-0.15, -0.1) is 0 Å². The number of aliphatic hydroxyl groups excluding tert-OH is 1. The second kappa shape index (κ2) is 8.34. The Bertz CT molecular complexity index is 947. The fourth-order valence-electron chi connectivity index (χ4n) is 3.76. The van der Waals surface area contributed by atoms with Crippen LogP contribution in [0.4, 0.5) is 21.7 Å². The van der Waals surface area contributed by atoms with Gasteiger partial charge in [0.25, 0.3) is 0 Å². The SMILES string of the molecule is CNc1cc(C)nc(Nc2nc3c(c(C4=CCNCC(O)C4)c2F)OCCC3)c1. The van der Waals surface area contributed by atoms with Crippen LogP contribution in [0.2, 0.25) is 0 Å². The highest BCUT2D eigenvalue weighted by atomic mass is 19.1. The highest BCUT2D eigenvalue weighted by Gasteiger charge is 2.27. The van der Waals surface area contributed by atoms with E-state index in [2.05, 4.69) is 25.9 Å². The van der Waals surface area contributed by atoms with Crippen LogP contribution < -0.4 is 20.7 Å².